The highest BCUT2D eigenvalue weighted by Crippen LogP contribution is 2.27. The fourth-order valence-corrected chi connectivity index (χ4v) is 4.99. The van der Waals surface area contributed by atoms with E-state index in [9.17, 15) is 18.0 Å². The number of rotatable bonds is 6. The van der Waals surface area contributed by atoms with Crippen LogP contribution in [0.25, 0.3) is 6.08 Å². The van der Waals surface area contributed by atoms with Crippen LogP contribution >= 0.6 is 11.8 Å². The van der Waals surface area contributed by atoms with Crippen molar-refractivity contribution in [3.05, 3.63) is 41.5 Å². The first-order valence-corrected chi connectivity index (χ1v) is 11.0. The van der Waals surface area contributed by atoms with Gasteiger partial charge in [-0.25, -0.2) is 13.2 Å². The molecule has 0 aromatic heterocycles. The molecule has 8 heteroatoms. The summed E-state index contributed by atoms with van der Waals surface area (Å²) in [6.07, 6.45) is 2.33. The molecule has 1 aromatic carbocycles. The minimum atomic E-state index is -3.80. The van der Waals surface area contributed by atoms with E-state index in [1.54, 1.807) is 40.9 Å². The molecule has 0 aliphatic carbocycles. The maximum absolute atomic E-state index is 13.0. The number of nitrogens with zero attached hydrogens (tertiary/aromatic N) is 1. The second-order valence-corrected chi connectivity index (χ2v) is 10.3. The Hall–Kier alpha value is -1.80. The van der Waals surface area contributed by atoms with Gasteiger partial charge >= 0.3 is 5.97 Å². The van der Waals surface area contributed by atoms with Crippen LogP contribution in [0.2, 0.25) is 0 Å². The molecule has 1 aliphatic heterocycles. The van der Waals surface area contributed by atoms with Gasteiger partial charge in [-0.1, -0.05) is 24.3 Å². The van der Waals surface area contributed by atoms with Gasteiger partial charge in [0.05, 0.1) is 5.75 Å². The number of hydrogen-bond acceptors (Lipinski definition) is 5. The first-order chi connectivity index (χ1) is 12.1. The molecule has 2 rings (SSSR count). The van der Waals surface area contributed by atoms with Crippen LogP contribution in [-0.2, 0) is 25.2 Å². The number of carbonyl (C=O) groups is 2. The lowest BCUT2D eigenvalue weighted by molar-refractivity contribution is -0.133. The lowest BCUT2D eigenvalue weighted by Gasteiger charge is -2.33. The number of amides is 1. The Kier molecular flexibility index (Phi) is 6.52. The van der Waals surface area contributed by atoms with E-state index < -0.39 is 20.6 Å². The lowest BCUT2D eigenvalue weighted by atomic mass is 10.1. The number of sulfone groups is 1. The minimum Gasteiger partial charge on any atom is -0.478 e. The van der Waals surface area contributed by atoms with Crippen LogP contribution in [0.4, 0.5) is 0 Å². The lowest BCUT2D eigenvalue weighted by Crippen LogP contribution is -2.52. The van der Waals surface area contributed by atoms with E-state index in [0.29, 0.717) is 24.2 Å². The molecule has 1 fully saturated rings. The third-order valence-electron chi connectivity index (χ3n) is 4.40. The standard InChI is InChI=1S/C18H23NO5S2/c1-18(2,17(22)19-9-11-25-12-10-19)26(23,24)13-15-6-4-3-5-14(15)7-8-16(20)21/h3-8H,9-13H2,1-2H3,(H,20,21)/b8-7+. The van der Waals surface area contributed by atoms with Gasteiger partial charge < -0.3 is 10.0 Å². The fourth-order valence-electron chi connectivity index (χ4n) is 2.65. The molecule has 1 heterocycles. The zero-order valence-electron chi connectivity index (χ0n) is 14.8. The molecule has 0 atom stereocenters. The highest BCUT2D eigenvalue weighted by molar-refractivity contribution is 7.99. The molecule has 0 bridgehead atoms. The largest absolute Gasteiger partial charge is 0.478 e. The van der Waals surface area contributed by atoms with E-state index in [1.165, 1.54) is 19.9 Å². The molecule has 1 N–H and O–H groups in total. The number of aliphatic carboxylic acids is 1. The second kappa shape index (κ2) is 8.26. The summed E-state index contributed by atoms with van der Waals surface area (Å²) < 4.78 is 24.5. The maximum atomic E-state index is 13.0. The zero-order chi connectivity index (χ0) is 19.4. The molecule has 6 nitrogen and oxygen atoms in total. The van der Waals surface area contributed by atoms with Crippen molar-refractivity contribution in [1.82, 2.24) is 4.90 Å². The first kappa shape index (κ1) is 20.5. The Morgan fingerprint density at radius 2 is 1.85 bits per heavy atom. The van der Waals surface area contributed by atoms with Gasteiger partial charge in [0.25, 0.3) is 0 Å². The monoisotopic (exact) mass is 397 g/mol. The summed E-state index contributed by atoms with van der Waals surface area (Å²) in [4.78, 5) is 25.2. The van der Waals surface area contributed by atoms with Crippen molar-refractivity contribution in [2.45, 2.75) is 24.3 Å². The normalized spacial score (nSPS) is 16.0. The number of carboxylic acid groups (broad SMARTS) is 1. The van der Waals surface area contributed by atoms with Gasteiger partial charge in [0, 0.05) is 30.7 Å². The molecular weight excluding hydrogens is 374 g/mol. The van der Waals surface area contributed by atoms with Gasteiger partial charge in [-0.3, -0.25) is 4.79 Å². The summed E-state index contributed by atoms with van der Waals surface area (Å²) in [7, 11) is -3.80. The number of carboxylic acids is 1. The Morgan fingerprint density at radius 1 is 1.23 bits per heavy atom. The molecule has 1 aromatic rings. The molecule has 0 spiro atoms. The van der Waals surface area contributed by atoms with Crippen molar-refractivity contribution in [2.75, 3.05) is 24.6 Å². The van der Waals surface area contributed by atoms with E-state index in [1.807, 2.05) is 0 Å². The quantitative estimate of drug-likeness (QED) is 0.739. The molecule has 26 heavy (non-hydrogen) atoms. The van der Waals surface area contributed by atoms with Gasteiger partial charge in [0.2, 0.25) is 5.91 Å². The Bertz CT molecular complexity index is 809. The Balaban J connectivity index is 2.27. The van der Waals surface area contributed by atoms with E-state index in [0.717, 1.165) is 17.6 Å². The molecule has 0 radical (unpaired) electrons. The number of thioether (sulfide) groups is 1. The predicted octanol–water partition coefficient (Wildman–Crippen LogP) is 2.05. The highest BCUT2D eigenvalue weighted by atomic mass is 32.2. The van der Waals surface area contributed by atoms with Crippen molar-refractivity contribution < 1.29 is 23.1 Å². The van der Waals surface area contributed by atoms with Crippen molar-refractivity contribution >= 4 is 39.6 Å². The van der Waals surface area contributed by atoms with E-state index in [4.69, 9.17) is 5.11 Å². The summed E-state index contributed by atoms with van der Waals surface area (Å²) in [6.45, 7) is 4.00. The van der Waals surface area contributed by atoms with Crippen LogP contribution in [0.3, 0.4) is 0 Å². The SMILES string of the molecule is CC(C)(C(=O)N1CCSCC1)S(=O)(=O)Cc1ccccc1/C=C/C(=O)O. The molecule has 1 amide bonds. The van der Waals surface area contributed by atoms with Crippen LogP contribution in [0.1, 0.15) is 25.0 Å². The molecule has 142 valence electrons. The average molecular weight is 398 g/mol. The van der Waals surface area contributed by atoms with Gasteiger partial charge in [-0.2, -0.15) is 11.8 Å². The van der Waals surface area contributed by atoms with Crippen molar-refractivity contribution in [3.8, 4) is 0 Å². The van der Waals surface area contributed by atoms with Crippen LogP contribution < -0.4 is 0 Å². The van der Waals surface area contributed by atoms with Crippen molar-refractivity contribution in [3.63, 3.8) is 0 Å². The molecular formula is C18H23NO5S2. The van der Waals surface area contributed by atoms with Gasteiger partial charge in [0.1, 0.15) is 4.75 Å². The second-order valence-electron chi connectivity index (χ2n) is 6.54. The Labute approximate surface area is 158 Å². The van der Waals surface area contributed by atoms with Crippen molar-refractivity contribution in [2.24, 2.45) is 0 Å². The summed E-state index contributed by atoms with van der Waals surface area (Å²) in [5.41, 5.74) is 0.983. The average Bonchev–Trinajstić information content (AvgIpc) is 2.60. The van der Waals surface area contributed by atoms with Crippen LogP contribution in [0.15, 0.2) is 30.3 Å². The number of hydrogen-bond donors (Lipinski definition) is 1. The molecule has 0 saturated carbocycles. The summed E-state index contributed by atoms with van der Waals surface area (Å²) in [5, 5.41) is 8.79. The van der Waals surface area contributed by atoms with Crippen LogP contribution in [0.5, 0.6) is 0 Å². The maximum Gasteiger partial charge on any atom is 0.328 e. The molecule has 0 unspecified atom stereocenters. The van der Waals surface area contributed by atoms with E-state index in [-0.39, 0.29) is 11.7 Å². The topological polar surface area (TPSA) is 91.8 Å². The zero-order valence-corrected chi connectivity index (χ0v) is 16.5. The van der Waals surface area contributed by atoms with Crippen LogP contribution in [-0.4, -0.2) is 59.6 Å². The smallest absolute Gasteiger partial charge is 0.328 e. The highest BCUT2D eigenvalue weighted by Gasteiger charge is 2.44. The van der Waals surface area contributed by atoms with Gasteiger partial charge in [-0.15, -0.1) is 0 Å². The summed E-state index contributed by atoms with van der Waals surface area (Å²) in [6, 6.07) is 6.69. The van der Waals surface area contributed by atoms with E-state index >= 15 is 0 Å². The van der Waals surface area contributed by atoms with Crippen LogP contribution in [0, 0.1) is 0 Å². The molecule has 1 aliphatic rings. The van der Waals surface area contributed by atoms with E-state index in [2.05, 4.69) is 0 Å². The predicted molar refractivity (Wildman–Crippen MR) is 104 cm³/mol. The summed E-state index contributed by atoms with van der Waals surface area (Å²) in [5.74, 6) is -0.193. The number of benzene rings is 1. The minimum absolute atomic E-state index is 0.325. The van der Waals surface area contributed by atoms with Gasteiger partial charge in [0.15, 0.2) is 9.84 Å². The van der Waals surface area contributed by atoms with Gasteiger partial charge in [-0.05, 0) is 31.1 Å². The first-order valence-electron chi connectivity index (χ1n) is 8.23. The third kappa shape index (κ3) is 4.67. The third-order valence-corrected chi connectivity index (χ3v) is 7.76. The van der Waals surface area contributed by atoms with Crippen molar-refractivity contribution in [1.29, 1.82) is 0 Å². The fraction of sp³-hybridized carbons (Fsp3) is 0.444. The molecule has 1 saturated heterocycles. The summed E-state index contributed by atoms with van der Waals surface area (Å²) >= 11 is 1.75. The number of carbonyl (C=O) groups excluding carboxylic acids is 1. The Morgan fingerprint density at radius 3 is 2.46 bits per heavy atom.